The number of hydrogen-bond acceptors (Lipinski definition) is 8. The normalized spacial score (nSPS) is 13.1. The summed E-state index contributed by atoms with van der Waals surface area (Å²) in [5.74, 6) is 0. The zero-order valence-electron chi connectivity index (χ0n) is 43.5. The number of nitrogens with zero attached hydrogens (tertiary/aromatic N) is 4. The van der Waals surface area contributed by atoms with Crippen molar-refractivity contribution in [3.05, 3.63) is 115 Å². The monoisotopic (exact) mass is 1010 g/mol. The molecule has 0 spiro atoms. The molecular formula is C52H78N4O8S4. The first-order valence-electron chi connectivity index (χ1n) is 23.7. The highest BCUT2D eigenvalue weighted by atomic mass is 32.2. The van der Waals surface area contributed by atoms with Crippen LogP contribution in [0.1, 0.15) is 120 Å². The van der Waals surface area contributed by atoms with Gasteiger partial charge in [0, 0.05) is 51.4 Å². The van der Waals surface area contributed by atoms with E-state index in [1.165, 1.54) is 17.2 Å². The molecule has 0 unspecified atom stereocenters. The second-order valence-corrected chi connectivity index (χ2v) is 27.0. The van der Waals surface area contributed by atoms with Crippen molar-refractivity contribution in [2.45, 2.75) is 168 Å². The predicted molar refractivity (Wildman–Crippen MR) is 277 cm³/mol. The van der Waals surface area contributed by atoms with Crippen molar-refractivity contribution in [2.24, 2.45) is 0 Å². The Morgan fingerprint density at radius 1 is 0.309 bits per heavy atom. The van der Waals surface area contributed by atoms with Crippen LogP contribution in [0.25, 0.3) is 0 Å². The summed E-state index contributed by atoms with van der Waals surface area (Å²) in [6, 6.07) is 14.0. The summed E-state index contributed by atoms with van der Waals surface area (Å²) in [5.41, 5.74) is 8.83. The Hall–Kier alpha value is -3.48. The van der Waals surface area contributed by atoms with E-state index in [0.29, 0.717) is 57.3 Å². The number of sulfonamides is 4. The van der Waals surface area contributed by atoms with Crippen LogP contribution in [0.5, 0.6) is 0 Å². The third kappa shape index (κ3) is 12.9. The minimum absolute atomic E-state index is 0.0307. The molecule has 4 aromatic rings. The van der Waals surface area contributed by atoms with Crippen molar-refractivity contribution in [2.75, 3.05) is 39.3 Å². The van der Waals surface area contributed by atoms with Crippen LogP contribution >= 0.6 is 0 Å². The van der Waals surface area contributed by atoms with Crippen molar-refractivity contribution < 1.29 is 33.7 Å². The van der Waals surface area contributed by atoms with E-state index in [1.807, 2.05) is 104 Å². The van der Waals surface area contributed by atoms with E-state index < -0.39 is 52.2 Å². The zero-order chi connectivity index (χ0) is 51.4. The summed E-state index contributed by atoms with van der Waals surface area (Å²) >= 11 is 0. The van der Waals surface area contributed by atoms with Gasteiger partial charge in [-0.2, -0.15) is 17.2 Å². The summed E-state index contributed by atoms with van der Waals surface area (Å²) in [5, 5.41) is 0. The Balaban J connectivity index is 1.66. The minimum atomic E-state index is -4.10. The fourth-order valence-electron chi connectivity index (χ4n) is 10.2. The standard InChI is InChI=1S/C52H78N4O8S4/c1-35(2)55(67(61,62)51-45(13)31-39(7)32-46(51)14)25-19-23-53(65(57,58)49-41(9)27-37(5)28-42(49)10)21-17-18-22-54(66(59,60)50-43(11)29-38(6)30-44(50)12)24-20-26-56(36(3)4)68(63,64)52-47(15)33-40(8)34-48(52)16/h27-36H,17-26H2,1-16H3. The molecule has 4 rings (SSSR count). The van der Waals surface area contributed by atoms with Crippen molar-refractivity contribution in [3.8, 4) is 0 Å². The second-order valence-electron chi connectivity index (χ2n) is 19.6. The number of unbranched alkanes of at least 4 members (excludes halogenated alkanes) is 1. The van der Waals surface area contributed by atoms with Crippen molar-refractivity contribution in [3.63, 3.8) is 0 Å². The molecule has 0 radical (unpaired) electrons. The first-order valence-corrected chi connectivity index (χ1v) is 29.5. The molecule has 0 aliphatic rings. The van der Waals surface area contributed by atoms with Crippen molar-refractivity contribution in [1.29, 1.82) is 0 Å². The van der Waals surface area contributed by atoms with E-state index in [0.717, 1.165) is 22.3 Å². The molecule has 0 saturated heterocycles. The summed E-state index contributed by atoms with van der Waals surface area (Å²) < 4.78 is 122. The maximum atomic E-state index is 14.7. The molecule has 0 amide bonds. The summed E-state index contributed by atoms with van der Waals surface area (Å²) in [7, 11) is -16.1. The van der Waals surface area contributed by atoms with Gasteiger partial charge in [-0.15, -0.1) is 0 Å². The van der Waals surface area contributed by atoms with E-state index in [2.05, 4.69) is 0 Å². The van der Waals surface area contributed by atoms with Gasteiger partial charge in [0.2, 0.25) is 40.1 Å². The zero-order valence-corrected chi connectivity index (χ0v) is 46.8. The molecule has 68 heavy (non-hydrogen) atoms. The first-order chi connectivity index (χ1) is 31.4. The highest BCUT2D eigenvalue weighted by Gasteiger charge is 2.34. The van der Waals surface area contributed by atoms with Crippen LogP contribution in [0.2, 0.25) is 0 Å². The molecule has 0 aliphatic heterocycles. The maximum absolute atomic E-state index is 14.7. The van der Waals surface area contributed by atoms with Gasteiger partial charge in [0.15, 0.2) is 0 Å². The molecule has 0 aromatic heterocycles. The highest BCUT2D eigenvalue weighted by molar-refractivity contribution is 7.90. The lowest BCUT2D eigenvalue weighted by Crippen LogP contribution is -2.41. The van der Waals surface area contributed by atoms with E-state index in [9.17, 15) is 33.7 Å². The van der Waals surface area contributed by atoms with Crippen LogP contribution in [-0.4, -0.2) is 102 Å². The van der Waals surface area contributed by atoms with E-state index in [-0.39, 0.29) is 71.7 Å². The molecule has 12 nitrogen and oxygen atoms in total. The predicted octanol–water partition coefficient (Wildman–Crippen LogP) is 9.83. The molecule has 378 valence electrons. The quantitative estimate of drug-likeness (QED) is 0.0667. The lowest BCUT2D eigenvalue weighted by atomic mass is 10.1. The van der Waals surface area contributed by atoms with Crippen LogP contribution in [0.3, 0.4) is 0 Å². The van der Waals surface area contributed by atoms with Gasteiger partial charge in [-0.3, -0.25) is 0 Å². The third-order valence-corrected chi connectivity index (χ3v) is 21.7. The molecule has 0 fully saturated rings. The molecule has 0 atom stereocenters. The van der Waals surface area contributed by atoms with Gasteiger partial charge in [0.05, 0.1) is 19.6 Å². The summed E-state index contributed by atoms with van der Waals surface area (Å²) in [6.45, 7) is 29.5. The largest absolute Gasteiger partial charge is 0.243 e. The molecule has 0 saturated carbocycles. The fourth-order valence-corrected chi connectivity index (χ4v) is 18.2. The smallest absolute Gasteiger partial charge is 0.207 e. The maximum Gasteiger partial charge on any atom is 0.243 e. The van der Waals surface area contributed by atoms with E-state index >= 15 is 0 Å². The van der Waals surface area contributed by atoms with E-state index in [4.69, 9.17) is 0 Å². The van der Waals surface area contributed by atoms with Crippen LogP contribution < -0.4 is 0 Å². The van der Waals surface area contributed by atoms with Crippen LogP contribution in [-0.2, 0) is 40.1 Å². The van der Waals surface area contributed by atoms with Crippen molar-refractivity contribution >= 4 is 40.1 Å². The van der Waals surface area contributed by atoms with Crippen molar-refractivity contribution in [1.82, 2.24) is 17.2 Å². The number of benzene rings is 4. The van der Waals surface area contributed by atoms with E-state index in [1.54, 1.807) is 55.4 Å². The van der Waals surface area contributed by atoms with Gasteiger partial charge >= 0.3 is 0 Å². The average Bonchev–Trinajstić information content (AvgIpc) is 3.15. The summed E-state index contributed by atoms with van der Waals surface area (Å²) in [4.78, 5) is 0.936. The molecule has 0 heterocycles. The number of aryl methyl sites for hydroxylation is 12. The van der Waals surface area contributed by atoms with Gasteiger partial charge in [-0.25, -0.2) is 33.7 Å². The molecule has 0 N–H and O–H groups in total. The molecular weight excluding hydrogens is 937 g/mol. The van der Waals surface area contributed by atoms with Gasteiger partial charge in [-0.1, -0.05) is 70.8 Å². The average molecular weight is 1020 g/mol. The van der Waals surface area contributed by atoms with Crippen LogP contribution in [0.15, 0.2) is 68.1 Å². The molecule has 0 bridgehead atoms. The SMILES string of the molecule is Cc1cc(C)c(S(=O)(=O)N(CCCCN(CCCN(C(C)C)S(=O)(=O)c2c(C)cc(C)cc2C)S(=O)(=O)c2c(C)cc(C)cc2C)CCCN(C(C)C)S(=O)(=O)c2c(C)cc(C)cc2C)c(C)c1. The topological polar surface area (TPSA) is 150 Å². The van der Waals surface area contributed by atoms with Gasteiger partial charge in [0.1, 0.15) is 0 Å². The molecule has 16 heteroatoms. The van der Waals surface area contributed by atoms with Gasteiger partial charge in [0.25, 0.3) is 0 Å². The third-order valence-electron chi connectivity index (χ3n) is 12.5. The van der Waals surface area contributed by atoms with Crippen LogP contribution in [0.4, 0.5) is 0 Å². The Bertz CT molecular complexity index is 2640. The number of rotatable bonds is 23. The lowest BCUT2D eigenvalue weighted by molar-refractivity contribution is 0.312. The number of hydrogen-bond donors (Lipinski definition) is 0. The summed E-state index contributed by atoms with van der Waals surface area (Å²) in [6.07, 6.45) is 1.03. The Labute approximate surface area is 411 Å². The highest BCUT2D eigenvalue weighted by Crippen LogP contribution is 2.31. The molecule has 0 aliphatic carbocycles. The Morgan fingerprint density at radius 2 is 0.500 bits per heavy atom. The second kappa shape index (κ2) is 22.7. The lowest BCUT2D eigenvalue weighted by Gasteiger charge is -2.30. The van der Waals surface area contributed by atoms with Gasteiger partial charge < -0.3 is 0 Å². The Morgan fingerprint density at radius 3 is 0.706 bits per heavy atom. The fraction of sp³-hybridized carbons (Fsp3) is 0.538. The van der Waals surface area contributed by atoms with Gasteiger partial charge in [-0.05, 0) is 181 Å². The Kier molecular flexibility index (Phi) is 19.1. The molecule has 4 aromatic carbocycles. The first kappa shape index (κ1) is 57.1. The van der Waals surface area contributed by atoms with Crippen LogP contribution in [0, 0.1) is 83.1 Å². The minimum Gasteiger partial charge on any atom is -0.207 e.